The predicted molar refractivity (Wildman–Crippen MR) is 39.2 cm³/mol. The number of aliphatic hydroxyl groups is 1. The molecule has 0 heterocycles. The van der Waals surface area contributed by atoms with Crippen LogP contribution in [0.25, 0.3) is 0 Å². The van der Waals surface area contributed by atoms with Crippen LogP contribution in [0.5, 0.6) is 0 Å². The molecule has 1 N–H and O–H groups in total. The Morgan fingerprint density at radius 1 is 1.40 bits per heavy atom. The minimum atomic E-state index is -0.352. The Kier molecular flexibility index (Phi) is 10.6. The monoisotopic (exact) mass is 166 g/mol. The molecular formula is C6H11ClO3. The molecule has 0 saturated heterocycles. The standard InChI is InChI=1S/C6H10O3.ClH/c7-3-1-2-6(4-8)5-9;/h3-4,6,9H,1-2,5H2;1H. The van der Waals surface area contributed by atoms with Crippen molar-refractivity contribution < 1.29 is 14.7 Å². The largest absolute Gasteiger partial charge is 0.396 e. The van der Waals surface area contributed by atoms with Crippen LogP contribution >= 0.6 is 12.4 Å². The summed E-state index contributed by atoms with van der Waals surface area (Å²) in [5, 5.41) is 8.41. The zero-order valence-corrected chi connectivity index (χ0v) is 6.34. The molecule has 0 spiro atoms. The van der Waals surface area contributed by atoms with E-state index < -0.39 is 0 Å². The molecule has 0 aromatic heterocycles. The van der Waals surface area contributed by atoms with E-state index >= 15 is 0 Å². The van der Waals surface area contributed by atoms with Crippen molar-refractivity contribution in [2.45, 2.75) is 12.8 Å². The van der Waals surface area contributed by atoms with Crippen LogP contribution in [0.4, 0.5) is 0 Å². The third-order valence-corrected chi connectivity index (χ3v) is 1.08. The Bertz CT molecular complexity index is 95.0. The first-order chi connectivity index (χ1) is 4.35. The summed E-state index contributed by atoms with van der Waals surface area (Å²) < 4.78 is 0. The number of hydrogen-bond donors (Lipinski definition) is 1. The van der Waals surface area contributed by atoms with Gasteiger partial charge in [0.1, 0.15) is 12.6 Å². The van der Waals surface area contributed by atoms with Crippen molar-refractivity contribution >= 4 is 25.0 Å². The quantitative estimate of drug-likeness (QED) is 0.594. The van der Waals surface area contributed by atoms with E-state index in [0.717, 1.165) is 6.29 Å². The molecule has 0 aliphatic heterocycles. The summed E-state index contributed by atoms with van der Waals surface area (Å²) in [5.74, 6) is -0.352. The fourth-order valence-electron chi connectivity index (χ4n) is 0.484. The van der Waals surface area contributed by atoms with Crippen LogP contribution in [0.1, 0.15) is 12.8 Å². The van der Waals surface area contributed by atoms with E-state index in [1.807, 2.05) is 0 Å². The van der Waals surface area contributed by atoms with Gasteiger partial charge in [0.2, 0.25) is 0 Å². The van der Waals surface area contributed by atoms with Crippen LogP contribution < -0.4 is 0 Å². The van der Waals surface area contributed by atoms with E-state index in [9.17, 15) is 9.59 Å². The molecule has 0 amide bonds. The van der Waals surface area contributed by atoms with Gasteiger partial charge in [-0.2, -0.15) is 0 Å². The molecule has 1 unspecified atom stereocenters. The van der Waals surface area contributed by atoms with E-state index in [-0.39, 0.29) is 24.9 Å². The summed E-state index contributed by atoms with van der Waals surface area (Å²) in [5.41, 5.74) is 0. The van der Waals surface area contributed by atoms with E-state index in [2.05, 4.69) is 0 Å². The van der Waals surface area contributed by atoms with Crippen LogP contribution in [0, 0.1) is 5.92 Å². The molecule has 60 valence electrons. The lowest BCUT2D eigenvalue weighted by Crippen LogP contribution is -2.06. The molecule has 10 heavy (non-hydrogen) atoms. The van der Waals surface area contributed by atoms with Crippen LogP contribution in [-0.2, 0) is 9.59 Å². The van der Waals surface area contributed by atoms with Gasteiger partial charge in [-0.15, -0.1) is 12.4 Å². The van der Waals surface area contributed by atoms with Gasteiger partial charge in [0.05, 0.1) is 6.61 Å². The molecule has 1 atom stereocenters. The summed E-state index contributed by atoms with van der Waals surface area (Å²) in [6, 6.07) is 0. The molecule has 0 aromatic carbocycles. The van der Waals surface area contributed by atoms with Gasteiger partial charge >= 0.3 is 0 Å². The van der Waals surface area contributed by atoms with Gasteiger partial charge in [0.25, 0.3) is 0 Å². The maximum atomic E-state index is 9.97. The third-order valence-electron chi connectivity index (χ3n) is 1.08. The number of hydrogen-bond acceptors (Lipinski definition) is 3. The Balaban J connectivity index is 0. The van der Waals surface area contributed by atoms with Gasteiger partial charge in [-0.1, -0.05) is 0 Å². The fraction of sp³-hybridized carbons (Fsp3) is 0.667. The average Bonchev–Trinajstić information content (AvgIpc) is 1.91. The van der Waals surface area contributed by atoms with Crippen LogP contribution in [0.15, 0.2) is 0 Å². The summed E-state index contributed by atoms with van der Waals surface area (Å²) in [6.07, 6.45) is 2.23. The Morgan fingerprint density at radius 3 is 2.30 bits per heavy atom. The number of aldehydes is 2. The number of aliphatic hydroxyl groups excluding tert-OH is 1. The van der Waals surface area contributed by atoms with Crippen molar-refractivity contribution in [1.29, 1.82) is 0 Å². The second-order valence-corrected chi connectivity index (χ2v) is 1.82. The molecule has 4 heteroatoms. The third kappa shape index (κ3) is 5.72. The molecule has 0 aromatic rings. The van der Waals surface area contributed by atoms with Crippen molar-refractivity contribution in [1.82, 2.24) is 0 Å². The highest BCUT2D eigenvalue weighted by Gasteiger charge is 2.02. The second kappa shape index (κ2) is 8.59. The van der Waals surface area contributed by atoms with E-state index in [1.54, 1.807) is 0 Å². The lowest BCUT2D eigenvalue weighted by Gasteiger charge is -2.00. The predicted octanol–water partition coefficient (Wildman–Crippen LogP) is 0.195. The van der Waals surface area contributed by atoms with Gasteiger partial charge < -0.3 is 14.7 Å². The fourth-order valence-corrected chi connectivity index (χ4v) is 0.484. The molecule has 0 aliphatic rings. The smallest absolute Gasteiger partial charge is 0.125 e. The molecule has 0 rings (SSSR count). The molecule has 0 fully saturated rings. The second-order valence-electron chi connectivity index (χ2n) is 1.82. The SMILES string of the molecule is Cl.O=CCCC(C=O)CO. The van der Waals surface area contributed by atoms with Crippen molar-refractivity contribution in [2.75, 3.05) is 6.61 Å². The zero-order chi connectivity index (χ0) is 7.11. The van der Waals surface area contributed by atoms with Gasteiger partial charge in [0, 0.05) is 12.3 Å². The molecular weight excluding hydrogens is 156 g/mol. The van der Waals surface area contributed by atoms with Crippen LogP contribution in [0.2, 0.25) is 0 Å². The van der Waals surface area contributed by atoms with Crippen LogP contribution in [0.3, 0.4) is 0 Å². The zero-order valence-electron chi connectivity index (χ0n) is 5.53. The number of carbonyl (C=O) groups excluding carboxylic acids is 2. The normalized spacial score (nSPS) is 11.3. The van der Waals surface area contributed by atoms with Gasteiger partial charge in [-0.05, 0) is 6.42 Å². The molecule has 0 saturated carbocycles. The van der Waals surface area contributed by atoms with Crippen molar-refractivity contribution in [3.63, 3.8) is 0 Å². The minimum Gasteiger partial charge on any atom is -0.396 e. The van der Waals surface area contributed by atoms with Gasteiger partial charge in [-0.25, -0.2) is 0 Å². The Labute approximate surface area is 65.8 Å². The Morgan fingerprint density at radius 2 is 2.00 bits per heavy atom. The first-order valence-electron chi connectivity index (χ1n) is 2.85. The lowest BCUT2D eigenvalue weighted by molar-refractivity contribution is -0.112. The topological polar surface area (TPSA) is 54.4 Å². The van der Waals surface area contributed by atoms with Crippen molar-refractivity contribution in [2.24, 2.45) is 5.92 Å². The van der Waals surface area contributed by atoms with E-state index in [4.69, 9.17) is 5.11 Å². The van der Waals surface area contributed by atoms with Gasteiger partial charge in [-0.3, -0.25) is 0 Å². The van der Waals surface area contributed by atoms with Crippen LogP contribution in [-0.4, -0.2) is 24.3 Å². The molecule has 0 aliphatic carbocycles. The number of rotatable bonds is 5. The maximum absolute atomic E-state index is 9.97. The summed E-state index contributed by atoms with van der Waals surface area (Å²) in [6.45, 7) is -0.155. The number of halogens is 1. The minimum absolute atomic E-state index is 0. The summed E-state index contributed by atoms with van der Waals surface area (Å²) >= 11 is 0. The van der Waals surface area contributed by atoms with Gasteiger partial charge in [0.15, 0.2) is 0 Å². The first kappa shape index (κ1) is 12.3. The highest BCUT2D eigenvalue weighted by molar-refractivity contribution is 5.85. The highest BCUT2D eigenvalue weighted by Crippen LogP contribution is 1.99. The maximum Gasteiger partial charge on any atom is 0.125 e. The number of carbonyl (C=O) groups is 2. The Hall–Kier alpha value is -0.410. The molecule has 0 bridgehead atoms. The molecule has 0 radical (unpaired) electrons. The summed E-state index contributed by atoms with van der Waals surface area (Å²) in [4.78, 5) is 19.7. The van der Waals surface area contributed by atoms with E-state index in [0.29, 0.717) is 19.1 Å². The lowest BCUT2D eigenvalue weighted by atomic mass is 10.1. The van der Waals surface area contributed by atoms with E-state index in [1.165, 1.54) is 0 Å². The van der Waals surface area contributed by atoms with Crippen molar-refractivity contribution in [3.05, 3.63) is 0 Å². The first-order valence-corrected chi connectivity index (χ1v) is 2.85. The summed E-state index contributed by atoms with van der Waals surface area (Å²) in [7, 11) is 0. The molecule has 3 nitrogen and oxygen atoms in total. The average molecular weight is 167 g/mol. The highest BCUT2D eigenvalue weighted by atomic mass is 35.5. The van der Waals surface area contributed by atoms with Crippen molar-refractivity contribution in [3.8, 4) is 0 Å².